The van der Waals surface area contributed by atoms with Gasteiger partial charge in [-0.1, -0.05) is 42.5 Å². The highest BCUT2D eigenvalue weighted by Gasteiger charge is 2.13. The molecule has 0 aliphatic carbocycles. The molecule has 0 spiro atoms. The molecule has 1 N–H and O–H groups in total. The van der Waals surface area contributed by atoms with Crippen molar-refractivity contribution in [2.45, 2.75) is 6.92 Å². The van der Waals surface area contributed by atoms with Crippen molar-refractivity contribution in [2.24, 2.45) is 5.10 Å². The van der Waals surface area contributed by atoms with Crippen molar-refractivity contribution in [3.8, 4) is 11.4 Å². The zero-order chi connectivity index (χ0) is 20.2. The molecule has 0 radical (unpaired) electrons. The fourth-order valence-corrected chi connectivity index (χ4v) is 3.16. The number of nitrogens with one attached hydrogen (secondary N) is 1. The maximum Gasteiger partial charge on any atom is 0.267 e. The van der Waals surface area contributed by atoms with E-state index in [1.165, 1.54) is 4.57 Å². The topological polar surface area (TPSA) is 68.5 Å². The van der Waals surface area contributed by atoms with E-state index in [0.29, 0.717) is 28.3 Å². The molecule has 3 aromatic carbocycles. The summed E-state index contributed by atoms with van der Waals surface area (Å²) >= 11 is 0. The number of aromatic nitrogens is 2. The fourth-order valence-electron chi connectivity index (χ4n) is 3.16. The summed E-state index contributed by atoms with van der Waals surface area (Å²) < 4.78 is 6.94. The molecular formula is C23H20N4O2. The minimum atomic E-state index is -0.158. The number of hydrazone groups is 1. The van der Waals surface area contributed by atoms with Gasteiger partial charge >= 0.3 is 0 Å². The van der Waals surface area contributed by atoms with Gasteiger partial charge in [0.25, 0.3) is 5.56 Å². The molecule has 4 rings (SSSR count). The largest absolute Gasteiger partial charge is 0.496 e. The summed E-state index contributed by atoms with van der Waals surface area (Å²) in [5, 5.41) is 5.02. The predicted octanol–water partition coefficient (Wildman–Crippen LogP) is 4.23. The van der Waals surface area contributed by atoms with Gasteiger partial charge in [-0.2, -0.15) is 5.10 Å². The van der Waals surface area contributed by atoms with E-state index < -0.39 is 0 Å². The molecule has 144 valence electrons. The van der Waals surface area contributed by atoms with Crippen LogP contribution in [-0.2, 0) is 0 Å². The smallest absolute Gasteiger partial charge is 0.267 e. The first-order chi connectivity index (χ1) is 14.2. The van der Waals surface area contributed by atoms with E-state index in [4.69, 9.17) is 4.74 Å². The quantitative estimate of drug-likeness (QED) is 0.413. The summed E-state index contributed by atoms with van der Waals surface area (Å²) in [6.07, 6.45) is 0. The van der Waals surface area contributed by atoms with Crippen molar-refractivity contribution in [3.05, 3.63) is 94.8 Å². The van der Waals surface area contributed by atoms with Gasteiger partial charge in [-0.3, -0.25) is 4.79 Å². The summed E-state index contributed by atoms with van der Waals surface area (Å²) in [6.45, 7) is 1.87. The minimum absolute atomic E-state index is 0.158. The van der Waals surface area contributed by atoms with Gasteiger partial charge in [0.2, 0.25) is 5.95 Å². The van der Waals surface area contributed by atoms with Gasteiger partial charge < -0.3 is 4.74 Å². The van der Waals surface area contributed by atoms with E-state index >= 15 is 0 Å². The van der Waals surface area contributed by atoms with Gasteiger partial charge in [-0.05, 0) is 43.3 Å². The number of fused-ring (bicyclic) bond motifs is 1. The SMILES string of the molecule is COc1ccccc1C(C)=NNc1nc2ccccc2c(=O)n1-c1ccccc1. The van der Waals surface area contributed by atoms with Gasteiger partial charge in [-0.15, -0.1) is 0 Å². The number of rotatable bonds is 5. The third-order valence-electron chi connectivity index (χ3n) is 4.61. The number of methoxy groups -OCH3 is 1. The standard InChI is InChI=1S/C23H20N4O2/c1-16(18-12-7-9-15-21(18)29-2)25-26-23-24-20-14-8-6-13-19(20)22(28)27(23)17-10-4-3-5-11-17/h3-15H,1-2H3,(H,24,26). The number of nitrogens with zero attached hydrogens (tertiary/aromatic N) is 3. The molecule has 0 unspecified atom stereocenters. The lowest BCUT2D eigenvalue weighted by Gasteiger charge is -2.13. The van der Waals surface area contributed by atoms with E-state index in [1.807, 2.05) is 79.7 Å². The second-order valence-electron chi connectivity index (χ2n) is 6.44. The van der Waals surface area contributed by atoms with Crippen molar-refractivity contribution in [3.63, 3.8) is 0 Å². The molecule has 0 saturated heterocycles. The van der Waals surface area contributed by atoms with Crippen LogP contribution in [0.25, 0.3) is 16.6 Å². The van der Waals surface area contributed by atoms with Crippen LogP contribution < -0.4 is 15.7 Å². The third kappa shape index (κ3) is 3.60. The van der Waals surface area contributed by atoms with E-state index in [0.717, 1.165) is 11.3 Å². The monoisotopic (exact) mass is 384 g/mol. The summed E-state index contributed by atoms with van der Waals surface area (Å²) in [7, 11) is 1.62. The zero-order valence-electron chi connectivity index (χ0n) is 16.2. The summed E-state index contributed by atoms with van der Waals surface area (Å²) in [6, 6.07) is 24.3. The third-order valence-corrected chi connectivity index (χ3v) is 4.61. The van der Waals surface area contributed by atoms with Gasteiger partial charge in [0.1, 0.15) is 5.75 Å². The van der Waals surface area contributed by atoms with Crippen LogP contribution in [0, 0.1) is 0 Å². The first-order valence-electron chi connectivity index (χ1n) is 9.20. The Kier molecular flexibility index (Phi) is 5.07. The molecule has 4 aromatic rings. The minimum Gasteiger partial charge on any atom is -0.496 e. The van der Waals surface area contributed by atoms with Gasteiger partial charge in [-0.25, -0.2) is 15.0 Å². The van der Waals surface area contributed by atoms with Gasteiger partial charge in [0, 0.05) is 5.56 Å². The molecular weight excluding hydrogens is 364 g/mol. The van der Waals surface area contributed by atoms with E-state index in [9.17, 15) is 4.79 Å². The van der Waals surface area contributed by atoms with Crippen LogP contribution in [0.5, 0.6) is 5.75 Å². The van der Waals surface area contributed by atoms with E-state index in [-0.39, 0.29) is 5.56 Å². The Bertz CT molecular complexity index is 1250. The zero-order valence-corrected chi connectivity index (χ0v) is 16.2. The summed E-state index contributed by atoms with van der Waals surface area (Å²) in [5.41, 5.74) is 5.71. The Labute approximate surface area is 168 Å². The molecule has 0 aliphatic heterocycles. The van der Waals surface area contributed by atoms with E-state index in [1.54, 1.807) is 13.2 Å². The summed E-state index contributed by atoms with van der Waals surface area (Å²) in [4.78, 5) is 17.8. The molecule has 1 aromatic heterocycles. The molecule has 6 heteroatoms. The molecule has 6 nitrogen and oxygen atoms in total. The first-order valence-corrected chi connectivity index (χ1v) is 9.20. The number of benzene rings is 3. The van der Waals surface area contributed by atoms with Crippen molar-refractivity contribution in [1.82, 2.24) is 9.55 Å². The fraction of sp³-hybridized carbons (Fsp3) is 0.0870. The molecule has 0 fully saturated rings. The number of ether oxygens (including phenoxy) is 1. The van der Waals surface area contributed by atoms with Crippen molar-refractivity contribution in [2.75, 3.05) is 12.5 Å². The highest BCUT2D eigenvalue weighted by molar-refractivity contribution is 6.01. The van der Waals surface area contributed by atoms with Crippen LogP contribution in [0.4, 0.5) is 5.95 Å². The number of hydrogen-bond donors (Lipinski definition) is 1. The van der Waals surface area contributed by atoms with Crippen LogP contribution in [0.15, 0.2) is 88.8 Å². The molecule has 0 amide bonds. The average molecular weight is 384 g/mol. The van der Waals surface area contributed by atoms with Crippen LogP contribution >= 0.6 is 0 Å². The maximum absolute atomic E-state index is 13.2. The van der Waals surface area contributed by atoms with Crippen molar-refractivity contribution < 1.29 is 4.74 Å². The van der Waals surface area contributed by atoms with Gasteiger partial charge in [0.15, 0.2) is 0 Å². The van der Waals surface area contributed by atoms with Crippen LogP contribution in [-0.4, -0.2) is 22.4 Å². The maximum atomic E-state index is 13.2. The summed E-state index contributed by atoms with van der Waals surface area (Å²) in [5.74, 6) is 1.07. The highest BCUT2D eigenvalue weighted by Crippen LogP contribution is 2.19. The van der Waals surface area contributed by atoms with Crippen LogP contribution in [0.3, 0.4) is 0 Å². The molecule has 29 heavy (non-hydrogen) atoms. The number of para-hydroxylation sites is 3. The lowest BCUT2D eigenvalue weighted by molar-refractivity contribution is 0.414. The molecule has 1 heterocycles. The van der Waals surface area contributed by atoms with Crippen LogP contribution in [0.2, 0.25) is 0 Å². The Hall–Kier alpha value is -3.93. The lowest BCUT2D eigenvalue weighted by atomic mass is 10.1. The van der Waals surface area contributed by atoms with E-state index in [2.05, 4.69) is 15.5 Å². The molecule has 0 atom stereocenters. The molecule has 0 aliphatic rings. The average Bonchev–Trinajstić information content (AvgIpc) is 2.78. The van der Waals surface area contributed by atoms with Crippen molar-refractivity contribution in [1.29, 1.82) is 0 Å². The second kappa shape index (κ2) is 7.98. The first kappa shape index (κ1) is 18.4. The molecule has 0 bridgehead atoms. The van der Waals surface area contributed by atoms with Gasteiger partial charge in [0.05, 0.1) is 29.4 Å². The number of hydrogen-bond acceptors (Lipinski definition) is 5. The highest BCUT2D eigenvalue weighted by atomic mass is 16.5. The Morgan fingerprint density at radius 3 is 2.45 bits per heavy atom. The second-order valence-corrected chi connectivity index (χ2v) is 6.44. The Morgan fingerprint density at radius 1 is 0.966 bits per heavy atom. The normalized spacial score (nSPS) is 11.4. The predicted molar refractivity (Wildman–Crippen MR) is 116 cm³/mol. The Balaban J connectivity index is 1.84. The van der Waals surface area contributed by atoms with Crippen LogP contribution in [0.1, 0.15) is 12.5 Å². The number of anilines is 1. The molecule has 0 saturated carbocycles. The Morgan fingerprint density at radius 2 is 1.66 bits per heavy atom. The van der Waals surface area contributed by atoms with Crippen molar-refractivity contribution >= 4 is 22.6 Å². The lowest BCUT2D eigenvalue weighted by Crippen LogP contribution is -2.23.